The number of benzene rings is 1. The van der Waals surface area contributed by atoms with E-state index in [0.29, 0.717) is 19.0 Å². The molecule has 0 radical (unpaired) electrons. The first-order valence-corrected chi connectivity index (χ1v) is 13.6. The Balaban J connectivity index is 0.00000186. The lowest BCUT2D eigenvalue weighted by atomic mass is 9.83. The van der Waals surface area contributed by atoms with Crippen LogP contribution in [0.5, 0.6) is 5.75 Å². The lowest BCUT2D eigenvalue weighted by Gasteiger charge is -2.37. The third kappa shape index (κ3) is 7.17. The number of alkyl halides is 2. The first-order chi connectivity index (χ1) is 17.4. The van der Waals surface area contributed by atoms with Crippen molar-refractivity contribution in [3.63, 3.8) is 0 Å². The molecule has 8 heteroatoms. The van der Waals surface area contributed by atoms with E-state index in [0.717, 1.165) is 45.0 Å². The minimum Gasteiger partial charge on any atom is -0.444 e. The van der Waals surface area contributed by atoms with Crippen LogP contribution in [0.25, 0.3) is 5.69 Å². The van der Waals surface area contributed by atoms with E-state index in [4.69, 9.17) is 9.47 Å². The van der Waals surface area contributed by atoms with E-state index in [2.05, 4.69) is 22.5 Å². The fraction of sp³-hybridized carbons (Fsp3) is 0.621. The van der Waals surface area contributed by atoms with Gasteiger partial charge in [-0.2, -0.15) is 8.78 Å². The first kappa shape index (κ1) is 28.8. The number of hydrogen-bond acceptors (Lipinski definition) is 4. The summed E-state index contributed by atoms with van der Waals surface area (Å²) in [6.07, 6.45) is 0.888. The van der Waals surface area contributed by atoms with E-state index in [1.807, 2.05) is 46.8 Å². The van der Waals surface area contributed by atoms with Crippen molar-refractivity contribution in [2.75, 3.05) is 31.1 Å². The predicted molar refractivity (Wildman–Crippen MR) is 144 cm³/mol. The minimum atomic E-state index is -3.21. The maximum atomic E-state index is 13.3. The third-order valence-electron chi connectivity index (χ3n) is 6.63. The van der Waals surface area contributed by atoms with Crippen LogP contribution in [0.15, 0.2) is 30.3 Å². The van der Waals surface area contributed by atoms with Gasteiger partial charge in [0.15, 0.2) is 0 Å². The number of nitrogens with zero attached hydrogens (tertiary/aromatic N) is 3. The van der Waals surface area contributed by atoms with Gasteiger partial charge in [0.1, 0.15) is 11.4 Å². The van der Waals surface area contributed by atoms with Gasteiger partial charge < -0.3 is 23.8 Å². The molecule has 1 aromatic heterocycles. The topological polar surface area (TPSA) is 46.9 Å². The number of hydrogen-bond donors (Lipinski definition) is 0. The van der Waals surface area contributed by atoms with Gasteiger partial charge in [0.2, 0.25) is 0 Å². The Morgan fingerprint density at radius 3 is 2.05 bits per heavy atom. The van der Waals surface area contributed by atoms with E-state index in [1.165, 1.54) is 23.5 Å². The molecule has 0 N–H and O–H groups in total. The number of carbonyl (C=O) groups excluding carboxylic acids is 1. The van der Waals surface area contributed by atoms with E-state index >= 15 is 0 Å². The number of amides is 1. The van der Waals surface area contributed by atoms with Crippen molar-refractivity contribution in [1.82, 2.24) is 9.47 Å². The maximum Gasteiger partial charge on any atom is 0.410 e. The number of ether oxygens (including phenoxy) is 2. The van der Waals surface area contributed by atoms with E-state index in [-0.39, 0.29) is 11.8 Å². The molecule has 206 valence electrons. The van der Waals surface area contributed by atoms with Crippen LogP contribution in [0.1, 0.15) is 85.0 Å². The highest BCUT2D eigenvalue weighted by atomic mass is 19.3. The van der Waals surface area contributed by atoms with E-state index in [9.17, 15) is 13.6 Å². The monoisotopic (exact) mass is 519 g/mol. The Hall–Kier alpha value is -2.77. The summed E-state index contributed by atoms with van der Waals surface area (Å²) in [5.41, 5.74) is 4.11. The molecule has 0 unspecified atom stereocenters. The molecule has 1 amide bonds. The molecular weight excluding hydrogens is 476 g/mol. The van der Waals surface area contributed by atoms with Crippen LogP contribution >= 0.6 is 0 Å². The average molecular weight is 520 g/mol. The highest BCUT2D eigenvalue weighted by molar-refractivity contribution is 5.69. The molecule has 0 bridgehead atoms. The second kappa shape index (κ2) is 11.7. The van der Waals surface area contributed by atoms with Gasteiger partial charge in [0, 0.05) is 50.2 Å². The zero-order chi connectivity index (χ0) is 27.4. The minimum absolute atomic E-state index is 0.148. The van der Waals surface area contributed by atoms with E-state index < -0.39 is 11.7 Å². The van der Waals surface area contributed by atoms with Gasteiger partial charge in [-0.15, -0.1) is 0 Å². The van der Waals surface area contributed by atoms with Crippen molar-refractivity contribution < 1.29 is 23.0 Å². The Bertz CT molecular complexity index is 1030. The van der Waals surface area contributed by atoms with E-state index in [1.54, 1.807) is 17.0 Å². The summed E-state index contributed by atoms with van der Waals surface area (Å²) in [6.45, 7) is 15.2. The maximum absolute atomic E-state index is 13.3. The van der Waals surface area contributed by atoms with Crippen molar-refractivity contribution in [3.8, 4) is 11.4 Å². The lowest BCUT2D eigenvalue weighted by molar-refractivity contribution is -0.158. The number of anilines is 1. The molecule has 1 aromatic carbocycles. The van der Waals surface area contributed by atoms with Crippen LogP contribution < -0.4 is 9.64 Å². The number of halogens is 2. The summed E-state index contributed by atoms with van der Waals surface area (Å²) in [6, 6.07) is 9.22. The quantitative estimate of drug-likeness (QED) is 0.399. The number of piperazine rings is 1. The van der Waals surface area contributed by atoms with Gasteiger partial charge in [0.25, 0.3) is 0 Å². The molecule has 2 fully saturated rings. The number of aromatic nitrogens is 1. The summed E-state index contributed by atoms with van der Waals surface area (Å²) >= 11 is 0. The molecular formula is C29H43F2N3O3. The molecule has 2 aromatic rings. The Kier molecular flexibility index (Phi) is 9.13. The van der Waals surface area contributed by atoms with Crippen LogP contribution in [0.4, 0.5) is 19.3 Å². The smallest absolute Gasteiger partial charge is 0.410 e. The molecule has 1 saturated carbocycles. The van der Waals surface area contributed by atoms with Crippen molar-refractivity contribution in [2.45, 2.75) is 91.8 Å². The van der Waals surface area contributed by atoms with Crippen molar-refractivity contribution in [1.29, 1.82) is 0 Å². The molecule has 1 aliphatic carbocycles. The van der Waals surface area contributed by atoms with Crippen molar-refractivity contribution in [2.24, 2.45) is 0 Å². The van der Waals surface area contributed by atoms with Gasteiger partial charge >= 0.3 is 12.2 Å². The van der Waals surface area contributed by atoms with Crippen molar-refractivity contribution >= 4 is 11.8 Å². The van der Waals surface area contributed by atoms with Crippen LogP contribution in [0.2, 0.25) is 0 Å². The highest BCUT2D eigenvalue weighted by Gasteiger charge is 2.31. The van der Waals surface area contributed by atoms with Gasteiger partial charge in [-0.3, -0.25) is 0 Å². The molecule has 4 rings (SSSR count). The Labute approximate surface area is 220 Å². The Morgan fingerprint density at radius 2 is 1.59 bits per heavy atom. The largest absolute Gasteiger partial charge is 0.444 e. The second-order valence-corrected chi connectivity index (χ2v) is 10.6. The number of carbonyl (C=O) groups is 1. The molecule has 37 heavy (non-hydrogen) atoms. The molecule has 0 spiro atoms. The normalized spacial score (nSPS) is 16.6. The summed E-state index contributed by atoms with van der Waals surface area (Å²) in [7, 11) is 0. The molecule has 1 aliphatic heterocycles. The highest BCUT2D eigenvalue weighted by Crippen LogP contribution is 2.42. The zero-order valence-corrected chi connectivity index (χ0v) is 23.4. The van der Waals surface area contributed by atoms with Crippen LogP contribution in [0, 0.1) is 0 Å². The SMILES string of the molecule is CC.CCc1c(N2CCN(C(=O)OC(C)(C)C)CC2)cc(C2CCC2)n1-c1ccc(OC(C)(F)F)cc1. The second-order valence-electron chi connectivity index (χ2n) is 10.6. The molecule has 1 saturated heterocycles. The van der Waals surface area contributed by atoms with Gasteiger partial charge in [-0.1, -0.05) is 27.2 Å². The van der Waals surface area contributed by atoms with Gasteiger partial charge in [-0.05, 0) is 76.3 Å². The molecule has 2 aliphatic rings. The van der Waals surface area contributed by atoms with Gasteiger partial charge in [0.05, 0.1) is 5.69 Å². The lowest BCUT2D eigenvalue weighted by Crippen LogP contribution is -2.50. The van der Waals surface area contributed by atoms with Crippen LogP contribution in [-0.4, -0.2) is 53.4 Å². The average Bonchev–Trinajstić information content (AvgIpc) is 3.16. The van der Waals surface area contributed by atoms with Gasteiger partial charge in [-0.25, -0.2) is 4.79 Å². The fourth-order valence-electron chi connectivity index (χ4n) is 4.81. The van der Waals surface area contributed by atoms with Crippen molar-refractivity contribution in [3.05, 3.63) is 41.7 Å². The molecule has 0 atom stereocenters. The summed E-state index contributed by atoms with van der Waals surface area (Å²) in [5.74, 6) is 0.642. The van der Waals surface area contributed by atoms with Crippen LogP contribution in [0.3, 0.4) is 0 Å². The molecule has 6 nitrogen and oxygen atoms in total. The first-order valence-electron chi connectivity index (χ1n) is 13.6. The number of rotatable bonds is 6. The zero-order valence-electron chi connectivity index (χ0n) is 23.4. The third-order valence-corrected chi connectivity index (χ3v) is 6.63. The fourth-order valence-corrected chi connectivity index (χ4v) is 4.81. The predicted octanol–water partition coefficient (Wildman–Crippen LogP) is 7.38. The summed E-state index contributed by atoms with van der Waals surface area (Å²) < 4.78 is 39.1. The Morgan fingerprint density at radius 1 is 1.00 bits per heavy atom. The molecule has 2 heterocycles. The standard InChI is InChI=1S/C27H37F2N3O3.C2H6/c1-6-22-24(30-14-16-31(17-15-30)25(33)35-26(2,3)4)18-23(19-8-7-9-19)32(22)20-10-12-21(13-11-20)34-27(5,28)29;1-2/h10-13,18-19H,6-9,14-17H2,1-5H3;1-2H3. The van der Waals surface area contributed by atoms with Crippen LogP contribution in [-0.2, 0) is 11.2 Å². The summed E-state index contributed by atoms with van der Waals surface area (Å²) in [4.78, 5) is 16.6. The summed E-state index contributed by atoms with van der Waals surface area (Å²) in [5, 5.41) is 0.